The van der Waals surface area contributed by atoms with Gasteiger partial charge in [-0.1, -0.05) is 41.7 Å². The molecule has 9 heteroatoms. The van der Waals surface area contributed by atoms with E-state index in [9.17, 15) is 9.59 Å². The van der Waals surface area contributed by atoms with E-state index in [4.69, 9.17) is 5.73 Å². The summed E-state index contributed by atoms with van der Waals surface area (Å²) in [5.74, 6) is -0.550. The topological polar surface area (TPSA) is 122 Å². The first kappa shape index (κ1) is 15.1. The summed E-state index contributed by atoms with van der Waals surface area (Å²) in [6.07, 6.45) is 0.547. The smallest absolute Gasteiger partial charge is 0.268 e. The molecule has 0 bridgehead atoms. The van der Waals surface area contributed by atoms with Gasteiger partial charge in [-0.05, 0) is 5.56 Å². The third kappa shape index (κ3) is 3.51. The number of rotatable bonds is 4. The number of nitrogens with two attached hydrogens (primary N) is 1. The van der Waals surface area contributed by atoms with Gasteiger partial charge in [0.25, 0.3) is 5.91 Å². The molecule has 1 aliphatic rings. The maximum Gasteiger partial charge on any atom is 0.268 e. The number of benzene rings is 1. The third-order valence-electron chi connectivity index (χ3n) is 3.28. The zero-order valence-corrected chi connectivity index (χ0v) is 12.8. The van der Waals surface area contributed by atoms with E-state index in [1.807, 2.05) is 30.3 Å². The van der Waals surface area contributed by atoms with Crippen molar-refractivity contribution < 1.29 is 9.59 Å². The molecule has 2 heterocycles. The Balaban J connectivity index is 1.85. The molecule has 1 atom stereocenters. The van der Waals surface area contributed by atoms with Crippen molar-refractivity contribution in [3.05, 3.63) is 40.9 Å². The second-order valence-electron chi connectivity index (χ2n) is 4.89. The van der Waals surface area contributed by atoms with E-state index in [1.54, 1.807) is 0 Å². The molecule has 1 aromatic heterocycles. The number of carbonyl (C=O) groups is 2. The van der Waals surface area contributed by atoms with Crippen LogP contribution in [-0.4, -0.2) is 27.7 Å². The van der Waals surface area contributed by atoms with Crippen LogP contribution in [0.3, 0.4) is 0 Å². The Morgan fingerprint density at radius 3 is 2.65 bits per heavy atom. The number of nitrogens with one attached hydrogen (secondary N) is 2. The number of nitrogens with zero attached hydrogens (tertiary/aromatic N) is 3. The first-order valence-corrected chi connectivity index (χ1v) is 7.75. The van der Waals surface area contributed by atoms with Crippen LogP contribution in [0.25, 0.3) is 0 Å². The summed E-state index contributed by atoms with van der Waals surface area (Å²) in [6, 6.07) is 8.92. The average Bonchev–Trinajstić information content (AvgIpc) is 3.00. The Hall–Kier alpha value is -2.81. The predicted octanol–water partition coefficient (Wildman–Crippen LogP) is 0.592. The highest BCUT2D eigenvalue weighted by atomic mass is 32.1. The number of aromatic nitrogens is 2. The van der Waals surface area contributed by atoms with Gasteiger partial charge in [0.2, 0.25) is 11.0 Å². The number of amides is 2. The summed E-state index contributed by atoms with van der Waals surface area (Å²) in [5, 5.41) is 15.4. The van der Waals surface area contributed by atoms with Crippen LogP contribution in [0.15, 0.2) is 35.4 Å². The highest BCUT2D eigenvalue weighted by molar-refractivity contribution is 7.15. The second kappa shape index (κ2) is 6.53. The zero-order chi connectivity index (χ0) is 16.2. The van der Waals surface area contributed by atoms with E-state index in [-0.39, 0.29) is 23.9 Å². The van der Waals surface area contributed by atoms with Gasteiger partial charge in [-0.25, -0.2) is 5.43 Å². The van der Waals surface area contributed by atoms with Gasteiger partial charge in [0.15, 0.2) is 0 Å². The minimum atomic E-state index is -0.473. The molecule has 23 heavy (non-hydrogen) atoms. The molecule has 0 saturated carbocycles. The summed E-state index contributed by atoms with van der Waals surface area (Å²) in [6.45, 7) is 0. The van der Waals surface area contributed by atoms with Gasteiger partial charge in [0, 0.05) is 12.8 Å². The van der Waals surface area contributed by atoms with Gasteiger partial charge in [0.1, 0.15) is 16.8 Å². The molecular weight excluding hydrogens is 316 g/mol. The highest BCUT2D eigenvalue weighted by Gasteiger charge is 2.25. The number of anilines is 1. The molecule has 1 aliphatic heterocycles. The maximum absolute atomic E-state index is 12.4. The van der Waals surface area contributed by atoms with E-state index < -0.39 is 6.04 Å². The van der Waals surface area contributed by atoms with Gasteiger partial charge in [-0.15, -0.1) is 10.2 Å². The predicted molar refractivity (Wildman–Crippen MR) is 85.6 cm³/mol. The minimum absolute atomic E-state index is 0.196. The molecule has 0 saturated heterocycles. The quantitative estimate of drug-likeness (QED) is 0.757. The van der Waals surface area contributed by atoms with E-state index in [0.717, 1.165) is 5.56 Å². The Morgan fingerprint density at radius 2 is 2.04 bits per heavy atom. The molecule has 118 valence electrons. The Bertz CT molecular complexity index is 758. The summed E-state index contributed by atoms with van der Waals surface area (Å²) in [5.41, 5.74) is 9.10. The van der Waals surface area contributed by atoms with Crippen molar-refractivity contribution in [3.63, 3.8) is 0 Å². The normalized spacial score (nSPS) is 15.5. The molecule has 0 fully saturated rings. The summed E-state index contributed by atoms with van der Waals surface area (Å²) >= 11 is 1.21. The first-order chi connectivity index (χ1) is 11.1. The van der Waals surface area contributed by atoms with Crippen LogP contribution in [-0.2, 0) is 9.59 Å². The van der Waals surface area contributed by atoms with Crippen LogP contribution < -0.4 is 16.5 Å². The van der Waals surface area contributed by atoms with Crippen LogP contribution in [0, 0.1) is 0 Å². The van der Waals surface area contributed by atoms with Crippen LogP contribution in [0.4, 0.5) is 5.13 Å². The number of carbonyl (C=O) groups excluding carboxylic acids is 2. The van der Waals surface area contributed by atoms with Gasteiger partial charge < -0.3 is 11.1 Å². The van der Waals surface area contributed by atoms with Gasteiger partial charge in [-0.3, -0.25) is 9.59 Å². The number of hydrogen-bond donors (Lipinski definition) is 3. The third-order valence-corrected chi connectivity index (χ3v) is 4.10. The summed E-state index contributed by atoms with van der Waals surface area (Å²) in [7, 11) is 0. The highest BCUT2D eigenvalue weighted by Crippen LogP contribution is 2.26. The van der Waals surface area contributed by atoms with E-state index in [1.165, 1.54) is 11.3 Å². The molecule has 0 spiro atoms. The van der Waals surface area contributed by atoms with Crippen LogP contribution in [0.5, 0.6) is 0 Å². The van der Waals surface area contributed by atoms with Gasteiger partial charge in [-0.2, -0.15) is 5.10 Å². The van der Waals surface area contributed by atoms with Crippen molar-refractivity contribution >= 4 is 34.0 Å². The average molecular weight is 330 g/mol. The monoisotopic (exact) mass is 330 g/mol. The lowest BCUT2D eigenvalue weighted by molar-refractivity contribution is -0.121. The van der Waals surface area contributed by atoms with Crippen molar-refractivity contribution in [2.75, 3.05) is 5.73 Å². The van der Waals surface area contributed by atoms with E-state index in [2.05, 4.69) is 26.0 Å². The molecule has 1 aromatic carbocycles. The standard InChI is InChI=1S/C14H14N6O2S/c15-14-20-19-13(23-14)11(8-4-2-1-3-5-8)16-12(22)9-6-7-10(21)18-17-9/h1-5,11H,6-7H2,(H2,15,20)(H,16,22)(H,18,21). The van der Waals surface area contributed by atoms with Gasteiger partial charge in [0.05, 0.1) is 0 Å². The molecule has 3 rings (SSSR count). The van der Waals surface area contributed by atoms with Crippen molar-refractivity contribution in [2.24, 2.45) is 5.10 Å². The van der Waals surface area contributed by atoms with Crippen LogP contribution in [0.2, 0.25) is 0 Å². The van der Waals surface area contributed by atoms with Crippen LogP contribution >= 0.6 is 11.3 Å². The Labute approximate surface area is 135 Å². The van der Waals surface area contributed by atoms with Crippen LogP contribution in [0.1, 0.15) is 29.5 Å². The molecule has 4 N–H and O–H groups in total. The lowest BCUT2D eigenvalue weighted by Crippen LogP contribution is -2.39. The lowest BCUT2D eigenvalue weighted by Gasteiger charge is -2.18. The number of hydrazone groups is 1. The van der Waals surface area contributed by atoms with E-state index in [0.29, 0.717) is 16.6 Å². The molecule has 8 nitrogen and oxygen atoms in total. The molecule has 2 amide bonds. The fourth-order valence-corrected chi connectivity index (χ4v) is 2.84. The molecule has 0 aliphatic carbocycles. The van der Waals surface area contributed by atoms with Crippen molar-refractivity contribution in [1.29, 1.82) is 0 Å². The number of hydrogen-bond acceptors (Lipinski definition) is 7. The second-order valence-corrected chi connectivity index (χ2v) is 5.93. The van der Waals surface area contributed by atoms with Crippen molar-refractivity contribution in [2.45, 2.75) is 18.9 Å². The Morgan fingerprint density at radius 1 is 1.26 bits per heavy atom. The van der Waals surface area contributed by atoms with Crippen molar-refractivity contribution in [1.82, 2.24) is 20.9 Å². The van der Waals surface area contributed by atoms with Crippen molar-refractivity contribution in [3.8, 4) is 0 Å². The molecule has 0 radical (unpaired) electrons. The lowest BCUT2D eigenvalue weighted by atomic mass is 10.1. The largest absolute Gasteiger partial charge is 0.374 e. The molecule has 1 unspecified atom stereocenters. The number of nitrogen functional groups attached to an aromatic ring is 1. The maximum atomic E-state index is 12.4. The summed E-state index contributed by atoms with van der Waals surface area (Å²) in [4.78, 5) is 23.5. The first-order valence-electron chi connectivity index (χ1n) is 6.93. The Kier molecular flexibility index (Phi) is 4.29. The SMILES string of the molecule is Nc1nnc(C(NC(=O)C2=NNC(=O)CC2)c2ccccc2)s1. The molecular formula is C14H14N6O2S. The fourth-order valence-electron chi connectivity index (χ4n) is 2.15. The molecule has 2 aromatic rings. The zero-order valence-electron chi connectivity index (χ0n) is 12.0. The van der Waals surface area contributed by atoms with Gasteiger partial charge >= 0.3 is 0 Å². The minimum Gasteiger partial charge on any atom is -0.374 e. The summed E-state index contributed by atoms with van der Waals surface area (Å²) < 4.78 is 0. The van der Waals surface area contributed by atoms with E-state index >= 15 is 0 Å². The fraction of sp³-hybridized carbons (Fsp3) is 0.214.